The van der Waals surface area contributed by atoms with Crippen molar-refractivity contribution < 1.29 is 4.74 Å². The standard InChI is InChI=1S/C15H17NOS/c1-2-10-17-15-11-13(8-9-14(15)16)18-12-6-4-3-5-7-12/h3-9,11H,2,10,16H2,1H3. The lowest BCUT2D eigenvalue weighted by molar-refractivity contribution is 0.318. The van der Waals surface area contributed by atoms with Crippen molar-refractivity contribution in [1.29, 1.82) is 0 Å². The van der Waals surface area contributed by atoms with Crippen LogP contribution >= 0.6 is 11.8 Å². The molecule has 0 unspecified atom stereocenters. The normalized spacial score (nSPS) is 10.3. The molecule has 0 bridgehead atoms. The predicted molar refractivity (Wildman–Crippen MR) is 77.2 cm³/mol. The number of benzene rings is 2. The summed E-state index contributed by atoms with van der Waals surface area (Å²) in [6, 6.07) is 16.2. The van der Waals surface area contributed by atoms with Gasteiger partial charge in [-0.3, -0.25) is 0 Å². The lowest BCUT2D eigenvalue weighted by Gasteiger charge is -2.09. The van der Waals surface area contributed by atoms with E-state index in [0.29, 0.717) is 12.3 Å². The van der Waals surface area contributed by atoms with Gasteiger partial charge in [-0.15, -0.1) is 0 Å². The summed E-state index contributed by atoms with van der Waals surface area (Å²) < 4.78 is 5.63. The first-order valence-electron chi connectivity index (χ1n) is 6.05. The maximum Gasteiger partial charge on any atom is 0.143 e. The molecule has 3 heteroatoms. The van der Waals surface area contributed by atoms with Gasteiger partial charge in [0.25, 0.3) is 0 Å². The van der Waals surface area contributed by atoms with Crippen molar-refractivity contribution >= 4 is 17.4 Å². The molecule has 0 fully saturated rings. The fraction of sp³-hybridized carbons (Fsp3) is 0.200. The number of hydrogen-bond acceptors (Lipinski definition) is 3. The highest BCUT2D eigenvalue weighted by Gasteiger charge is 2.03. The quantitative estimate of drug-likeness (QED) is 0.817. The Morgan fingerprint density at radius 2 is 1.83 bits per heavy atom. The van der Waals surface area contributed by atoms with Crippen LogP contribution in [0.1, 0.15) is 13.3 Å². The van der Waals surface area contributed by atoms with Crippen LogP contribution in [-0.2, 0) is 0 Å². The average molecular weight is 259 g/mol. The second kappa shape index (κ2) is 6.36. The van der Waals surface area contributed by atoms with Gasteiger partial charge in [-0.25, -0.2) is 0 Å². The van der Waals surface area contributed by atoms with Crippen LogP contribution in [0.5, 0.6) is 5.75 Å². The summed E-state index contributed by atoms with van der Waals surface area (Å²) in [5.74, 6) is 0.776. The molecule has 0 atom stereocenters. The van der Waals surface area contributed by atoms with Crippen LogP contribution in [-0.4, -0.2) is 6.61 Å². The first-order chi connectivity index (χ1) is 8.79. The lowest BCUT2D eigenvalue weighted by atomic mass is 10.3. The Balaban J connectivity index is 2.14. The molecule has 0 aliphatic carbocycles. The predicted octanol–water partition coefficient (Wildman–Crippen LogP) is 4.21. The van der Waals surface area contributed by atoms with Crippen LogP contribution < -0.4 is 10.5 Å². The second-order valence-corrected chi connectivity index (χ2v) is 5.11. The summed E-state index contributed by atoms with van der Waals surface area (Å²) in [5.41, 5.74) is 6.58. The van der Waals surface area contributed by atoms with Gasteiger partial charge in [0.2, 0.25) is 0 Å². The molecule has 2 rings (SSSR count). The maximum absolute atomic E-state index is 5.89. The largest absolute Gasteiger partial charge is 0.491 e. The number of nitrogen functional groups attached to an aromatic ring is 1. The second-order valence-electron chi connectivity index (χ2n) is 3.96. The van der Waals surface area contributed by atoms with Crippen molar-refractivity contribution in [3.8, 4) is 5.75 Å². The van der Waals surface area contributed by atoms with Crippen molar-refractivity contribution in [3.05, 3.63) is 48.5 Å². The molecule has 0 aliphatic rings. The summed E-state index contributed by atoms with van der Waals surface area (Å²) in [6.45, 7) is 2.78. The van der Waals surface area contributed by atoms with Crippen LogP contribution in [0, 0.1) is 0 Å². The van der Waals surface area contributed by atoms with Crippen LogP contribution in [0.3, 0.4) is 0 Å². The van der Waals surface area contributed by atoms with E-state index in [1.807, 2.05) is 36.4 Å². The Hall–Kier alpha value is -1.61. The Kier molecular flexibility index (Phi) is 4.53. The molecule has 18 heavy (non-hydrogen) atoms. The van der Waals surface area contributed by atoms with Crippen molar-refractivity contribution in [2.45, 2.75) is 23.1 Å². The highest BCUT2D eigenvalue weighted by atomic mass is 32.2. The van der Waals surface area contributed by atoms with Gasteiger partial charge in [-0.1, -0.05) is 36.9 Å². The van der Waals surface area contributed by atoms with Crippen molar-refractivity contribution in [2.75, 3.05) is 12.3 Å². The van der Waals surface area contributed by atoms with E-state index in [1.54, 1.807) is 11.8 Å². The average Bonchev–Trinajstić information content (AvgIpc) is 2.40. The number of rotatable bonds is 5. The van der Waals surface area contributed by atoms with Crippen molar-refractivity contribution in [2.24, 2.45) is 0 Å². The number of hydrogen-bond donors (Lipinski definition) is 1. The van der Waals surface area contributed by atoms with Gasteiger partial charge in [0.1, 0.15) is 5.75 Å². The third-order valence-electron chi connectivity index (χ3n) is 2.43. The van der Waals surface area contributed by atoms with E-state index in [4.69, 9.17) is 10.5 Å². The Labute approximate surface area is 112 Å². The topological polar surface area (TPSA) is 35.2 Å². The summed E-state index contributed by atoms with van der Waals surface area (Å²) >= 11 is 1.71. The van der Waals surface area contributed by atoms with Gasteiger partial charge in [-0.2, -0.15) is 0 Å². The van der Waals surface area contributed by atoms with Gasteiger partial charge >= 0.3 is 0 Å². The zero-order valence-corrected chi connectivity index (χ0v) is 11.2. The molecule has 2 aromatic rings. The summed E-state index contributed by atoms with van der Waals surface area (Å²) in [5, 5.41) is 0. The first-order valence-corrected chi connectivity index (χ1v) is 6.86. The van der Waals surface area contributed by atoms with E-state index in [9.17, 15) is 0 Å². The number of anilines is 1. The number of ether oxygens (including phenoxy) is 1. The Morgan fingerprint density at radius 3 is 2.56 bits per heavy atom. The molecule has 0 aliphatic heterocycles. The van der Waals surface area contributed by atoms with Gasteiger partial charge < -0.3 is 10.5 Å². The van der Waals surface area contributed by atoms with E-state index in [-0.39, 0.29) is 0 Å². The molecule has 2 aromatic carbocycles. The molecule has 94 valence electrons. The highest BCUT2D eigenvalue weighted by molar-refractivity contribution is 7.99. The van der Waals surface area contributed by atoms with Crippen LogP contribution in [0.25, 0.3) is 0 Å². The molecule has 0 spiro atoms. The number of nitrogens with two attached hydrogens (primary N) is 1. The van der Waals surface area contributed by atoms with Gasteiger partial charge in [0, 0.05) is 9.79 Å². The summed E-state index contributed by atoms with van der Waals surface area (Å²) in [6.07, 6.45) is 0.982. The third kappa shape index (κ3) is 3.44. The van der Waals surface area contributed by atoms with E-state index in [2.05, 4.69) is 19.1 Å². The van der Waals surface area contributed by atoms with Gasteiger partial charge in [0.15, 0.2) is 0 Å². The molecular formula is C15H17NOS. The molecule has 0 radical (unpaired) electrons. The van der Waals surface area contributed by atoms with Crippen molar-refractivity contribution in [3.63, 3.8) is 0 Å². The fourth-order valence-electron chi connectivity index (χ4n) is 1.54. The van der Waals surface area contributed by atoms with E-state index >= 15 is 0 Å². The Bertz CT molecular complexity index is 499. The minimum absolute atomic E-state index is 0.695. The monoisotopic (exact) mass is 259 g/mol. The SMILES string of the molecule is CCCOc1cc(Sc2ccccc2)ccc1N. The molecular weight excluding hydrogens is 242 g/mol. The molecule has 0 saturated heterocycles. The Morgan fingerprint density at radius 1 is 1.06 bits per heavy atom. The van der Waals surface area contributed by atoms with Crippen LogP contribution in [0.15, 0.2) is 58.3 Å². The fourth-order valence-corrected chi connectivity index (χ4v) is 2.41. The molecule has 0 saturated carbocycles. The third-order valence-corrected chi connectivity index (χ3v) is 3.42. The first kappa shape index (κ1) is 12.8. The van der Waals surface area contributed by atoms with Crippen LogP contribution in [0.2, 0.25) is 0 Å². The van der Waals surface area contributed by atoms with E-state index in [1.165, 1.54) is 4.90 Å². The summed E-state index contributed by atoms with van der Waals surface area (Å²) in [4.78, 5) is 2.35. The maximum atomic E-state index is 5.89. The zero-order chi connectivity index (χ0) is 12.8. The molecule has 2 nitrogen and oxygen atoms in total. The van der Waals surface area contributed by atoms with Crippen LogP contribution in [0.4, 0.5) is 5.69 Å². The molecule has 0 heterocycles. The molecule has 2 N–H and O–H groups in total. The lowest BCUT2D eigenvalue weighted by Crippen LogP contribution is -1.98. The molecule has 0 amide bonds. The highest BCUT2D eigenvalue weighted by Crippen LogP contribution is 2.32. The van der Waals surface area contributed by atoms with E-state index in [0.717, 1.165) is 17.1 Å². The minimum Gasteiger partial charge on any atom is -0.491 e. The van der Waals surface area contributed by atoms with E-state index < -0.39 is 0 Å². The van der Waals surface area contributed by atoms with Gasteiger partial charge in [-0.05, 0) is 36.8 Å². The van der Waals surface area contributed by atoms with Gasteiger partial charge in [0.05, 0.1) is 12.3 Å². The minimum atomic E-state index is 0.695. The molecule has 0 aromatic heterocycles. The van der Waals surface area contributed by atoms with Crippen molar-refractivity contribution in [1.82, 2.24) is 0 Å². The zero-order valence-electron chi connectivity index (χ0n) is 10.4. The smallest absolute Gasteiger partial charge is 0.143 e. The summed E-state index contributed by atoms with van der Waals surface area (Å²) in [7, 11) is 0.